The summed E-state index contributed by atoms with van der Waals surface area (Å²) in [7, 11) is 0. The Balaban J connectivity index is 2.23. The molecule has 3 heteroatoms. The number of aromatic amines is 1. The van der Waals surface area contributed by atoms with Crippen molar-refractivity contribution in [3.63, 3.8) is 0 Å². The molecule has 2 rings (SSSR count). The summed E-state index contributed by atoms with van der Waals surface area (Å²) in [4.78, 5) is 3.25. The van der Waals surface area contributed by atoms with E-state index in [4.69, 9.17) is 0 Å². The minimum absolute atomic E-state index is 0.190. The van der Waals surface area contributed by atoms with Gasteiger partial charge in [0.25, 0.3) is 0 Å². The third kappa shape index (κ3) is 2.36. The molecule has 0 aliphatic rings. The lowest BCUT2D eigenvalue weighted by Crippen LogP contribution is -2.21. The molecule has 1 heterocycles. The van der Waals surface area contributed by atoms with E-state index >= 15 is 0 Å². The van der Waals surface area contributed by atoms with Crippen molar-refractivity contribution >= 4 is 10.9 Å². The third-order valence-corrected chi connectivity index (χ3v) is 2.34. The fourth-order valence-electron chi connectivity index (χ4n) is 1.57. The van der Waals surface area contributed by atoms with E-state index in [0.29, 0.717) is 6.04 Å². The van der Waals surface area contributed by atoms with Crippen molar-refractivity contribution in [2.75, 3.05) is 0 Å². The number of hydrogen-bond acceptors (Lipinski definition) is 1. The van der Waals surface area contributed by atoms with Crippen LogP contribution in [0.2, 0.25) is 0 Å². The molecule has 0 atom stereocenters. The smallest absolute Gasteiger partial charge is 0.123 e. The van der Waals surface area contributed by atoms with Gasteiger partial charge < -0.3 is 10.3 Å². The summed E-state index contributed by atoms with van der Waals surface area (Å²) in [6.07, 6.45) is 0. The van der Waals surface area contributed by atoms with Crippen LogP contribution in [0.25, 0.3) is 10.9 Å². The summed E-state index contributed by atoms with van der Waals surface area (Å²) < 4.78 is 12.9. The lowest BCUT2D eigenvalue weighted by atomic mass is 10.2. The summed E-state index contributed by atoms with van der Waals surface area (Å²) in [6, 6.07) is 7.22. The number of rotatable bonds is 3. The molecule has 0 amide bonds. The number of benzene rings is 1. The van der Waals surface area contributed by atoms with Gasteiger partial charge in [-0.15, -0.1) is 0 Å². The van der Waals surface area contributed by atoms with E-state index in [1.54, 1.807) is 12.1 Å². The molecule has 1 aromatic heterocycles. The zero-order valence-electron chi connectivity index (χ0n) is 8.97. The molecule has 80 valence electrons. The van der Waals surface area contributed by atoms with E-state index in [9.17, 15) is 4.39 Å². The lowest BCUT2D eigenvalue weighted by Gasteiger charge is -2.05. The fourth-order valence-corrected chi connectivity index (χ4v) is 1.57. The predicted octanol–water partition coefficient (Wildman–Crippen LogP) is 2.81. The molecule has 15 heavy (non-hydrogen) atoms. The molecule has 0 aliphatic carbocycles. The Bertz CT molecular complexity index is 460. The van der Waals surface area contributed by atoms with E-state index in [1.807, 2.05) is 6.07 Å². The molecule has 2 N–H and O–H groups in total. The summed E-state index contributed by atoms with van der Waals surface area (Å²) in [6.45, 7) is 4.98. The minimum atomic E-state index is -0.190. The highest BCUT2D eigenvalue weighted by molar-refractivity contribution is 5.80. The second-order valence-corrected chi connectivity index (χ2v) is 4.06. The molecule has 2 aromatic rings. The standard InChI is InChI=1S/C12H15FN2/c1-8(2)14-7-11-6-9-5-10(13)3-4-12(9)15-11/h3-6,8,14-15H,7H2,1-2H3. The van der Waals surface area contributed by atoms with E-state index in [1.165, 1.54) is 6.07 Å². The number of H-pyrrole nitrogens is 1. The van der Waals surface area contributed by atoms with Gasteiger partial charge in [-0.2, -0.15) is 0 Å². The summed E-state index contributed by atoms with van der Waals surface area (Å²) in [5.41, 5.74) is 2.07. The van der Waals surface area contributed by atoms with Gasteiger partial charge in [-0.1, -0.05) is 13.8 Å². The normalized spacial score (nSPS) is 11.5. The minimum Gasteiger partial charge on any atom is -0.357 e. The first-order valence-corrected chi connectivity index (χ1v) is 5.15. The van der Waals surface area contributed by atoms with Crippen LogP contribution >= 0.6 is 0 Å². The fraction of sp³-hybridized carbons (Fsp3) is 0.333. The van der Waals surface area contributed by atoms with Gasteiger partial charge in [0.2, 0.25) is 0 Å². The topological polar surface area (TPSA) is 27.8 Å². The Labute approximate surface area is 88.5 Å². The van der Waals surface area contributed by atoms with Crippen LogP contribution in [0.3, 0.4) is 0 Å². The van der Waals surface area contributed by atoms with Crippen LogP contribution in [-0.4, -0.2) is 11.0 Å². The predicted molar refractivity (Wildman–Crippen MR) is 60.2 cm³/mol. The first kappa shape index (κ1) is 10.2. The SMILES string of the molecule is CC(C)NCc1cc2cc(F)ccc2[nH]1. The average molecular weight is 206 g/mol. The second kappa shape index (κ2) is 4.03. The van der Waals surface area contributed by atoms with Crippen molar-refractivity contribution in [2.24, 2.45) is 0 Å². The van der Waals surface area contributed by atoms with Crippen LogP contribution < -0.4 is 5.32 Å². The van der Waals surface area contributed by atoms with Gasteiger partial charge in [0.15, 0.2) is 0 Å². The number of hydrogen-bond donors (Lipinski definition) is 2. The zero-order valence-corrected chi connectivity index (χ0v) is 8.97. The molecule has 0 aliphatic heterocycles. The Kier molecular flexibility index (Phi) is 2.73. The van der Waals surface area contributed by atoms with Crippen molar-refractivity contribution in [3.05, 3.63) is 35.8 Å². The molecule has 0 bridgehead atoms. The lowest BCUT2D eigenvalue weighted by molar-refractivity contribution is 0.583. The third-order valence-electron chi connectivity index (χ3n) is 2.34. The van der Waals surface area contributed by atoms with Crippen molar-refractivity contribution in [2.45, 2.75) is 26.4 Å². The van der Waals surface area contributed by atoms with Crippen molar-refractivity contribution in [3.8, 4) is 0 Å². The average Bonchev–Trinajstić information content (AvgIpc) is 2.56. The number of fused-ring (bicyclic) bond motifs is 1. The van der Waals surface area contributed by atoms with Gasteiger partial charge in [0.1, 0.15) is 5.82 Å². The Morgan fingerprint density at radius 3 is 2.87 bits per heavy atom. The first-order valence-electron chi connectivity index (χ1n) is 5.15. The van der Waals surface area contributed by atoms with Gasteiger partial charge in [0.05, 0.1) is 0 Å². The summed E-state index contributed by atoms with van der Waals surface area (Å²) in [5, 5.41) is 4.24. The molecule has 0 saturated carbocycles. The first-order chi connectivity index (χ1) is 7.15. The zero-order chi connectivity index (χ0) is 10.8. The van der Waals surface area contributed by atoms with Gasteiger partial charge >= 0.3 is 0 Å². The highest BCUT2D eigenvalue weighted by Crippen LogP contribution is 2.16. The molecular formula is C12H15FN2. The molecule has 0 radical (unpaired) electrons. The Morgan fingerprint density at radius 2 is 2.13 bits per heavy atom. The quantitative estimate of drug-likeness (QED) is 0.794. The molecule has 1 aromatic carbocycles. The van der Waals surface area contributed by atoms with Gasteiger partial charge in [-0.05, 0) is 24.3 Å². The maximum Gasteiger partial charge on any atom is 0.123 e. The summed E-state index contributed by atoms with van der Waals surface area (Å²) in [5.74, 6) is -0.190. The Morgan fingerprint density at radius 1 is 1.33 bits per heavy atom. The number of nitrogens with one attached hydrogen (secondary N) is 2. The monoisotopic (exact) mass is 206 g/mol. The van der Waals surface area contributed by atoms with E-state index in [-0.39, 0.29) is 5.82 Å². The largest absolute Gasteiger partial charge is 0.357 e. The molecule has 0 unspecified atom stereocenters. The van der Waals surface area contributed by atoms with Crippen LogP contribution in [0.4, 0.5) is 4.39 Å². The number of halogens is 1. The van der Waals surface area contributed by atoms with Crippen LogP contribution in [0, 0.1) is 5.82 Å². The maximum atomic E-state index is 12.9. The maximum absolute atomic E-state index is 12.9. The molecule has 0 spiro atoms. The molecular weight excluding hydrogens is 191 g/mol. The molecule has 0 fully saturated rings. The van der Waals surface area contributed by atoms with E-state index < -0.39 is 0 Å². The van der Waals surface area contributed by atoms with Crippen LogP contribution in [0.15, 0.2) is 24.3 Å². The molecule has 0 saturated heterocycles. The van der Waals surface area contributed by atoms with Crippen molar-refractivity contribution < 1.29 is 4.39 Å². The van der Waals surface area contributed by atoms with Gasteiger partial charge in [0, 0.05) is 29.2 Å². The van der Waals surface area contributed by atoms with Crippen LogP contribution in [0.1, 0.15) is 19.5 Å². The van der Waals surface area contributed by atoms with E-state index in [2.05, 4.69) is 24.1 Å². The highest BCUT2D eigenvalue weighted by Gasteiger charge is 2.02. The van der Waals surface area contributed by atoms with Crippen LogP contribution in [0.5, 0.6) is 0 Å². The van der Waals surface area contributed by atoms with Crippen molar-refractivity contribution in [1.29, 1.82) is 0 Å². The number of aromatic nitrogens is 1. The summed E-state index contributed by atoms with van der Waals surface area (Å²) >= 11 is 0. The van der Waals surface area contributed by atoms with E-state index in [0.717, 1.165) is 23.1 Å². The highest BCUT2D eigenvalue weighted by atomic mass is 19.1. The molecule has 2 nitrogen and oxygen atoms in total. The Hall–Kier alpha value is -1.35. The van der Waals surface area contributed by atoms with Gasteiger partial charge in [-0.3, -0.25) is 0 Å². The van der Waals surface area contributed by atoms with Crippen molar-refractivity contribution in [1.82, 2.24) is 10.3 Å². The van der Waals surface area contributed by atoms with Gasteiger partial charge in [-0.25, -0.2) is 4.39 Å². The second-order valence-electron chi connectivity index (χ2n) is 4.06. The van der Waals surface area contributed by atoms with Crippen LogP contribution in [-0.2, 0) is 6.54 Å².